The van der Waals surface area contributed by atoms with E-state index in [1.807, 2.05) is 0 Å². The van der Waals surface area contributed by atoms with Crippen molar-refractivity contribution in [3.63, 3.8) is 0 Å². The lowest BCUT2D eigenvalue weighted by molar-refractivity contribution is -0.118. The van der Waals surface area contributed by atoms with Crippen molar-refractivity contribution in [1.82, 2.24) is 15.1 Å². The first kappa shape index (κ1) is 24.2. The van der Waals surface area contributed by atoms with Gasteiger partial charge in [-0.05, 0) is 39.0 Å². The van der Waals surface area contributed by atoms with Gasteiger partial charge in [0.1, 0.15) is 11.3 Å². The molecular formula is C21H28ClN5O4. The summed E-state index contributed by atoms with van der Waals surface area (Å²) in [6.07, 6.45) is 0.892. The molecule has 1 heterocycles. The van der Waals surface area contributed by atoms with E-state index in [4.69, 9.17) is 16.3 Å². The molecule has 31 heavy (non-hydrogen) atoms. The SMILES string of the molecule is CC(C)C(=O)Nc1c(NCCNC(=O)OC(C)(C)C)cnn(-c2cccc(Cl)c2)c1=O. The summed E-state index contributed by atoms with van der Waals surface area (Å²) in [5.41, 5.74) is -0.244. The van der Waals surface area contributed by atoms with Crippen LogP contribution >= 0.6 is 11.6 Å². The summed E-state index contributed by atoms with van der Waals surface area (Å²) in [7, 11) is 0. The van der Waals surface area contributed by atoms with Gasteiger partial charge in [-0.25, -0.2) is 4.79 Å². The highest BCUT2D eigenvalue weighted by Gasteiger charge is 2.18. The van der Waals surface area contributed by atoms with Crippen molar-refractivity contribution in [1.29, 1.82) is 0 Å². The van der Waals surface area contributed by atoms with Gasteiger partial charge >= 0.3 is 6.09 Å². The third-order valence-electron chi connectivity index (χ3n) is 3.91. The fourth-order valence-corrected chi connectivity index (χ4v) is 2.63. The molecule has 0 saturated carbocycles. The van der Waals surface area contributed by atoms with Crippen molar-refractivity contribution in [3.05, 3.63) is 45.8 Å². The van der Waals surface area contributed by atoms with E-state index in [0.29, 0.717) is 16.4 Å². The summed E-state index contributed by atoms with van der Waals surface area (Å²) in [6.45, 7) is 9.29. The van der Waals surface area contributed by atoms with Crippen LogP contribution in [0, 0.1) is 5.92 Å². The molecule has 3 N–H and O–H groups in total. The zero-order valence-electron chi connectivity index (χ0n) is 18.3. The molecule has 9 nitrogen and oxygen atoms in total. The van der Waals surface area contributed by atoms with Crippen LogP contribution in [0.1, 0.15) is 34.6 Å². The molecule has 0 radical (unpaired) electrons. The van der Waals surface area contributed by atoms with E-state index < -0.39 is 17.3 Å². The van der Waals surface area contributed by atoms with Gasteiger partial charge in [0.25, 0.3) is 5.56 Å². The van der Waals surface area contributed by atoms with Crippen LogP contribution in [0.2, 0.25) is 5.02 Å². The minimum atomic E-state index is -0.597. The molecule has 0 atom stereocenters. The van der Waals surface area contributed by atoms with Crippen molar-refractivity contribution < 1.29 is 14.3 Å². The minimum Gasteiger partial charge on any atom is -0.444 e. The lowest BCUT2D eigenvalue weighted by Gasteiger charge is -2.20. The monoisotopic (exact) mass is 449 g/mol. The number of hydrogen-bond acceptors (Lipinski definition) is 6. The topological polar surface area (TPSA) is 114 Å². The van der Waals surface area contributed by atoms with Gasteiger partial charge in [-0.2, -0.15) is 9.78 Å². The Balaban J connectivity index is 2.22. The molecule has 10 heteroatoms. The van der Waals surface area contributed by atoms with Crippen LogP contribution in [0.5, 0.6) is 0 Å². The smallest absolute Gasteiger partial charge is 0.407 e. The number of hydrogen-bond donors (Lipinski definition) is 3. The standard InChI is InChI=1S/C21H28ClN5O4/c1-13(2)18(28)26-17-16(23-9-10-24-20(30)31-21(3,4)5)12-25-27(19(17)29)15-8-6-7-14(22)11-15/h6-8,11-13,23H,9-10H2,1-5H3,(H,24,30)(H,26,28). The Bertz CT molecular complexity index is 998. The van der Waals surface area contributed by atoms with Crippen LogP contribution in [-0.2, 0) is 9.53 Å². The van der Waals surface area contributed by atoms with Gasteiger partial charge in [0.05, 0.1) is 17.6 Å². The second-order valence-electron chi connectivity index (χ2n) is 8.13. The van der Waals surface area contributed by atoms with Gasteiger partial charge in [-0.1, -0.05) is 31.5 Å². The number of alkyl carbamates (subject to hydrolysis) is 1. The van der Waals surface area contributed by atoms with Gasteiger partial charge in [0.2, 0.25) is 5.91 Å². The summed E-state index contributed by atoms with van der Waals surface area (Å²) in [6, 6.07) is 6.67. The summed E-state index contributed by atoms with van der Waals surface area (Å²) < 4.78 is 6.33. The van der Waals surface area contributed by atoms with E-state index in [-0.39, 0.29) is 30.6 Å². The number of rotatable bonds is 7. The van der Waals surface area contributed by atoms with Crippen LogP contribution in [0.4, 0.5) is 16.2 Å². The van der Waals surface area contributed by atoms with Crippen LogP contribution in [0.3, 0.4) is 0 Å². The fourth-order valence-electron chi connectivity index (χ4n) is 2.44. The maximum absolute atomic E-state index is 13.1. The van der Waals surface area contributed by atoms with Crippen LogP contribution in [-0.4, -0.2) is 40.5 Å². The van der Waals surface area contributed by atoms with Gasteiger partial charge in [0.15, 0.2) is 0 Å². The second-order valence-corrected chi connectivity index (χ2v) is 8.57. The average molecular weight is 450 g/mol. The van der Waals surface area contributed by atoms with Gasteiger partial charge < -0.3 is 20.7 Å². The quantitative estimate of drug-likeness (QED) is 0.558. The summed E-state index contributed by atoms with van der Waals surface area (Å²) in [4.78, 5) is 37.1. The van der Waals surface area contributed by atoms with Gasteiger partial charge in [0, 0.05) is 24.0 Å². The zero-order valence-corrected chi connectivity index (χ0v) is 19.0. The Morgan fingerprint density at radius 1 is 1.23 bits per heavy atom. The number of ether oxygens (including phenoxy) is 1. The molecule has 0 unspecified atom stereocenters. The van der Waals surface area contributed by atoms with Crippen molar-refractivity contribution in [2.45, 2.75) is 40.2 Å². The molecule has 0 aliphatic heterocycles. The molecule has 0 aliphatic rings. The lowest BCUT2D eigenvalue weighted by Crippen LogP contribution is -2.35. The second kappa shape index (κ2) is 10.3. The number of anilines is 2. The minimum absolute atomic E-state index is 0.0611. The summed E-state index contributed by atoms with van der Waals surface area (Å²) in [5, 5.41) is 12.9. The normalized spacial score (nSPS) is 11.2. The molecule has 1 aromatic carbocycles. The molecule has 0 spiro atoms. The highest BCUT2D eigenvalue weighted by molar-refractivity contribution is 6.30. The molecule has 0 saturated heterocycles. The number of carbonyl (C=O) groups excluding carboxylic acids is 2. The Morgan fingerprint density at radius 3 is 2.55 bits per heavy atom. The predicted molar refractivity (Wildman–Crippen MR) is 121 cm³/mol. The predicted octanol–water partition coefficient (Wildman–Crippen LogP) is 3.42. The molecular weight excluding hydrogens is 422 g/mol. The highest BCUT2D eigenvalue weighted by atomic mass is 35.5. The molecule has 2 rings (SSSR count). The lowest BCUT2D eigenvalue weighted by atomic mass is 10.2. The summed E-state index contributed by atoms with van der Waals surface area (Å²) in [5.74, 6) is -0.634. The molecule has 0 bridgehead atoms. The number of halogens is 1. The molecule has 0 fully saturated rings. The van der Waals surface area contributed by atoms with Crippen LogP contribution < -0.4 is 21.5 Å². The van der Waals surface area contributed by atoms with E-state index in [2.05, 4.69) is 21.0 Å². The Hall–Kier alpha value is -3.07. The van der Waals surface area contributed by atoms with Gasteiger partial charge in [-0.3, -0.25) is 9.59 Å². The third-order valence-corrected chi connectivity index (χ3v) is 4.15. The fraction of sp³-hybridized carbons (Fsp3) is 0.429. The Morgan fingerprint density at radius 2 is 1.94 bits per heavy atom. The number of benzene rings is 1. The first-order valence-electron chi connectivity index (χ1n) is 9.88. The molecule has 1 aromatic heterocycles. The largest absolute Gasteiger partial charge is 0.444 e. The van der Waals surface area contributed by atoms with E-state index in [0.717, 1.165) is 4.68 Å². The van der Waals surface area contributed by atoms with Crippen molar-refractivity contribution >= 4 is 35.0 Å². The maximum atomic E-state index is 13.1. The third kappa shape index (κ3) is 7.29. The van der Waals surface area contributed by atoms with Crippen LogP contribution in [0.15, 0.2) is 35.3 Å². The summed E-state index contributed by atoms with van der Waals surface area (Å²) >= 11 is 6.02. The maximum Gasteiger partial charge on any atom is 0.407 e. The first-order valence-corrected chi connectivity index (χ1v) is 10.3. The van der Waals surface area contributed by atoms with E-state index in [1.54, 1.807) is 58.9 Å². The first-order chi connectivity index (χ1) is 14.5. The number of nitrogens with zero attached hydrogens (tertiary/aromatic N) is 2. The molecule has 2 amide bonds. The van der Waals surface area contributed by atoms with Crippen molar-refractivity contribution in [2.24, 2.45) is 5.92 Å². The average Bonchev–Trinajstić information content (AvgIpc) is 2.66. The Labute approximate surface area is 186 Å². The number of aromatic nitrogens is 2. The number of amides is 2. The molecule has 2 aromatic rings. The van der Waals surface area contributed by atoms with E-state index >= 15 is 0 Å². The molecule has 168 valence electrons. The van der Waals surface area contributed by atoms with E-state index in [1.165, 1.54) is 6.20 Å². The van der Waals surface area contributed by atoms with Crippen LogP contribution in [0.25, 0.3) is 5.69 Å². The molecule has 0 aliphatic carbocycles. The highest BCUT2D eigenvalue weighted by Crippen LogP contribution is 2.19. The van der Waals surface area contributed by atoms with Crippen molar-refractivity contribution in [2.75, 3.05) is 23.7 Å². The van der Waals surface area contributed by atoms with Gasteiger partial charge in [-0.15, -0.1) is 0 Å². The van der Waals surface area contributed by atoms with E-state index in [9.17, 15) is 14.4 Å². The number of carbonyl (C=O) groups is 2. The van der Waals surface area contributed by atoms with Crippen molar-refractivity contribution in [3.8, 4) is 5.69 Å². The number of nitrogens with one attached hydrogen (secondary N) is 3. The zero-order chi connectivity index (χ0) is 23.2. The Kier molecular flexibility index (Phi) is 8.04.